The Morgan fingerprint density at radius 2 is 2.00 bits per heavy atom. The van der Waals surface area contributed by atoms with Crippen molar-refractivity contribution >= 4 is 5.91 Å². The highest BCUT2D eigenvalue weighted by Crippen LogP contribution is 2.31. The number of carbonyl (C=O) groups excluding carboxylic acids is 1. The number of amides is 1. The molecule has 1 atom stereocenters. The molecule has 78 valence electrons. The fourth-order valence-electron chi connectivity index (χ4n) is 2.07. The van der Waals surface area contributed by atoms with Crippen LogP contribution in [0.3, 0.4) is 0 Å². The van der Waals surface area contributed by atoms with E-state index in [2.05, 4.69) is 18.7 Å². The lowest BCUT2D eigenvalue weighted by molar-refractivity contribution is -0.129. The molecule has 1 fully saturated rings. The Morgan fingerprint density at radius 1 is 1.33 bits per heavy atom. The molecule has 1 saturated heterocycles. The Kier molecular flexibility index (Phi) is 2.58. The first-order valence-corrected chi connectivity index (χ1v) is 5.20. The van der Waals surface area contributed by atoms with Crippen molar-refractivity contribution in [1.82, 2.24) is 4.90 Å². The number of likely N-dealkylation sites (N-methyl/N-ethyl adjacent to an activating group) is 1. The lowest BCUT2D eigenvalue weighted by Gasteiger charge is -2.33. The summed E-state index contributed by atoms with van der Waals surface area (Å²) in [5.74, 6) is 0.0788. The van der Waals surface area contributed by atoms with Gasteiger partial charge in [0.15, 0.2) is 0 Å². The number of likely N-dealkylation sites (tertiary alicyclic amines) is 1. The Hall–Kier alpha value is -1.57. The average Bonchev–Trinajstić information content (AvgIpc) is 2.27. The van der Waals surface area contributed by atoms with Crippen molar-refractivity contribution in [1.29, 1.82) is 0 Å². The van der Waals surface area contributed by atoms with Crippen LogP contribution < -0.4 is 0 Å². The van der Waals surface area contributed by atoms with Gasteiger partial charge in [0, 0.05) is 12.6 Å². The third-order valence-corrected chi connectivity index (χ3v) is 2.99. The van der Waals surface area contributed by atoms with Gasteiger partial charge in [0.25, 0.3) is 0 Å². The smallest absolute Gasteiger partial charge is 0.249 e. The van der Waals surface area contributed by atoms with Gasteiger partial charge in [-0.2, -0.15) is 0 Å². The Balaban J connectivity index is 2.25. The predicted molar refractivity (Wildman–Crippen MR) is 60.3 cm³/mol. The maximum absolute atomic E-state index is 11.7. The van der Waals surface area contributed by atoms with Crippen LogP contribution in [0.1, 0.15) is 24.4 Å². The Bertz CT molecular complexity index is 383. The van der Waals surface area contributed by atoms with Crippen LogP contribution in [-0.2, 0) is 4.79 Å². The fourth-order valence-corrected chi connectivity index (χ4v) is 2.07. The lowest BCUT2D eigenvalue weighted by atomic mass is 9.93. The number of piperidine rings is 1. The zero-order chi connectivity index (χ0) is 10.8. The second kappa shape index (κ2) is 3.89. The van der Waals surface area contributed by atoms with Crippen molar-refractivity contribution < 1.29 is 4.79 Å². The van der Waals surface area contributed by atoms with Crippen molar-refractivity contribution in [3.05, 3.63) is 48.0 Å². The molecule has 1 aliphatic rings. The van der Waals surface area contributed by atoms with Gasteiger partial charge in [-0.15, -0.1) is 0 Å². The zero-order valence-electron chi connectivity index (χ0n) is 8.94. The van der Waals surface area contributed by atoms with E-state index in [-0.39, 0.29) is 11.9 Å². The summed E-state index contributed by atoms with van der Waals surface area (Å²) >= 11 is 0. The van der Waals surface area contributed by atoms with E-state index in [4.69, 9.17) is 0 Å². The molecule has 1 heterocycles. The van der Waals surface area contributed by atoms with Gasteiger partial charge < -0.3 is 4.90 Å². The second-order valence-electron chi connectivity index (χ2n) is 3.98. The predicted octanol–water partition coefficient (Wildman–Crippen LogP) is 2.54. The van der Waals surface area contributed by atoms with Gasteiger partial charge in [-0.05, 0) is 18.4 Å². The molecule has 1 aromatic rings. The van der Waals surface area contributed by atoms with Crippen molar-refractivity contribution in [3.8, 4) is 0 Å². The molecule has 1 amide bonds. The second-order valence-corrected chi connectivity index (χ2v) is 3.98. The van der Waals surface area contributed by atoms with Gasteiger partial charge in [0.05, 0.1) is 6.04 Å². The first-order valence-electron chi connectivity index (χ1n) is 5.20. The summed E-state index contributed by atoms with van der Waals surface area (Å²) in [6.07, 6.45) is 1.79. The minimum absolute atomic E-state index is 0.0788. The minimum atomic E-state index is 0.0788. The van der Waals surface area contributed by atoms with E-state index in [1.165, 1.54) is 5.56 Å². The topological polar surface area (TPSA) is 20.3 Å². The molecular formula is C13H15NO. The molecular weight excluding hydrogens is 186 g/mol. The average molecular weight is 201 g/mol. The van der Waals surface area contributed by atoms with E-state index in [1.54, 1.807) is 4.90 Å². The standard InChI is InChI=1S/C13H15NO/c1-10-8-9-12(14(2)13(10)15)11-6-4-3-5-7-11/h3-7,12H,1,8-9H2,2H3. The number of benzene rings is 1. The Labute approximate surface area is 90.2 Å². The van der Waals surface area contributed by atoms with E-state index >= 15 is 0 Å². The molecule has 0 bridgehead atoms. The zero-order valence-corrected chi connectivity index (χ0v) is 8.94. The summed E-state index contributed by atoms with van der Waals surface area (Å²) in [6.45, 7) is 3.78. The summed E-state index contributed by atoms with van der Waals surface area (Å²) in [5, 5.41) is 0. The van der Waals surface area contributed by atoms with Crippen LogP contribution >= 0.6 is 0 Å². The van der Waals surface area contributed by atoms with E-state index < -0.39 is 0 Å². The van der Waals surface area contributed by atoms with Crippen LogP contribution in [0.5, 0.6) is 0 Å². The molecule has 1 aliphatic heterocycles. The highest BCUT2D eigenvalue weighted by atomic mass is 16.2. The normalized spacial score (nSPS) is 21.9. The van der Waals surface area contributed by atoms with Gasteiger partial charge >= 0.3 is 0 Å². The van der Waals surface area contributed by atoms with Gasteiger partial charge in [-0.25, -0.2) is 0 Å². The van der Waals surface area contributed by atoms with Crippen LogP contribution in [0.4, 0.5) is 0 Å². The number of hydrogen-bond donors (Lipinski definition) is 0. The molecule has 0 aromatic heterocycles. The number of rotatable bonds is 1. The maximum Gasteiger partial charge on any atom is 0.249 e. The van der Waals surface area contributed by atoms with Crippen LogP contribution in [-0.4, -0.2) is 17.9 Å². The summed E-state index contributed by atoms with van der Waals surface area (Å²) in [7, 11) is 1.85. The fraction of sp³-hybridized carbons (Fsp3) is 0.308. The largest absolute Gasteiger partial charge is 0.335 e. The van der Waals surface area contributed by atoms with Crippen molar-refractivity contribution in [3.63, 3.8) is 0 Å². The van der Waals surface area contributed by atoms with E-state index in [1.807, 2.05) is 25.2 Å². The van der Waals surface area contributed by atoms with E-state index in [0.29, 0.717) is 0 Å². The molecule has 1 unspecified atom stereocenters. The number of hydrogen-bond acceptors (Lipinski definition) is 1. The maximum atomic E-state index is 11.7. The molecule has 2 heteroatoms. The Morgan fingerprint density at radius 3 is 2.67 bits per heavy atom. The van der Waals surface area contributed by atoms with Gasteiger partial charge in [0.2, 0.25) is 5.91 Å². The van der Waals surface area contributed by atoms with Crippen LogP contribution in [0.15, 0.2) is 42.5 Å². The molecule has 0 saturated carbocycles. The van der Waals surface area contributed by atoms with Gasteiger partial charge in [-0.3, -0.25) is 4.79 Å². The van der Waals surface area contributed by atoms with Crippen LogP contribution in [0.2, 0.25) is 0 Å². The monoisotopic (exact) mass is 201 g/mol. The summed E-state index contributed by atoms with van der Waals surface area (Å²) in [5.41, 5.74) is 1.94. The summed E-state index contributed by atoms with van der Waals surface area (Å²) in [6, 6.07) is 10.4. The molecule has 0 spiro atoms. The lowest BCUT2D eigenvalue weighted by Crippen LogP contribution is -2.36. The van der Waals surface area contributed by atoms with E-state index in [9.17, 15) is 4.79 Å². The van der Waals surface area contributed by atoms with Crippen molar-refractivity contribution in [2.24, 2.45) is 0 Å². The SMILES string of the molecule is C=C1CCC(c2ccccc2)N(C)C1=O. The molecule has 2 nitrogen and oxygen atoms in total. The minimum Gasteiger partial charge on any atom is -0.335 e. The first kappa shape index (κ1) is 9.97. The quantitative estimate of drug-likeness (QED) is 0.639. The number of nitrogens with zero attached hydrogens (tertiary/aromatic N) is 1. The third-order valence-electron chi connectivity index (χ3n) is 2.99. The molecule has 15 heavy (non-hydrogen) atoms. The summed E-state index contributed by atoms with van der Waals surface area (Å²) in [4.78, 5) is 13.5. The highest BCUT2D eigenvalue weighted by molar-refractivity contribution is 5.93. The first-order chi connectivity index (χ1) is 7.20. The molecule has 1 aromatic carbocycles. The van der Waals surface area contributed by atoms with Crippen molar-refractivity contribution in [2.45, 2.75) is 18.9 Å². The molecule has 0 N–H and O–H groups in total. The molecule has 2 rings (SSSR count). The van der Waals surface area contributed by atoms with Crippen LogP contribution in [0.25, 0.3) is 0 Å². The summed E-state index contributed by atoms with van der Waals surface area (Å²) < 4.78 is 0. The third kappa shape index (κ3) is 1.80. The van der Waals surface area contributed by atoms with E-state index in [0.717, 1.165) is 18.4 Å². The molecule has 0 aliphatic carbocycles. The highest BCUT2D eigenvalue weighted by Gasteiger charge is 2.28. The van der Waals surface area contributed by atoms with Crippen molar-refractivity contribution in [2.75, 3.05) is 7.05 Å². The van der Waals surface area contributed by atoms with Gasteiger partial charge in [0.1, 0.15) is 0 Å². The molecule has 0 radical (unpaired) electrons. The van der Waals surface area contributed by atoms with Gasteiger partial charge in [-0.1, -0.05) is 36.9 Å². The van der Waals surface area contributed by atoms with Crippen LogP contribution in [0, 0.1) is 0 Å². The number of carbonyl (C=O) groups is 1.